The highest BCUT2D eigenvalue weighted by atomic mass is 35.5. The third-order valence-corrected chi connectivity index (χ3v) is 12.3. The predicted octanol–water partition coefficient (Wildman–Crippen LogP) is 3.98. The lowest BCUT2D eigenvalue weighted by atomic mass is 9.86. The maximum atomic E-state index is 13.2. The van der Waals surface area contributed by atoms with Gasteiger partial charge in [0.2, 0.25) is 17.8 Å². The van der Waals surface area contributed by atoms with Crippen molar-refractivity contribution in [3.8, 4) is 5.75 Å². The van der Waals surface area contributed by atoms with Crippen LogP contribution in [0.4, 0.5) is 23.1 Å². The number of fused-ring (bicyclic) bond motifs is 2. The quantitative estimate of drug-likeness (QED) is 0.163. The molecule has 3 atom stereocenters. The van der Waals surface area contributed by atoms with Crippen molar-refractivity contribution >= 4 is 74.4 Å². The van der Waals surface area contributed by atoms with E-state index in [2.05, 4.69) is 53.6 Å². The van der Waals surface area contributed by atoms with Gasteiger partial charge in [-0.1, -0.05) is 30.7 Å². The van der Waals surface area contributed by atoms with Crippen LogP contribution in [0.5, 0.6) is 5.75 Å². The van der Waals surface area contributed by atoms with Crippen molar-refractivity contribution in [2.24, 2.45) is 18.9 Å². The number of aryl methyl sites for hydroxylation is 1. The number of nitrogens with one attached hydrogen (secondary N) is 3. The van der Waals surface area contributed by atoms with Gasteiger partial charge in [0.15, 0.2) is 18.2 Å². The van der Waals surface area contributed by atoms with E-state index >= 15 is 0 Å². The lowest BCUT2D eigenvalue weighted by Gasteiger charge is -2.42. The number of aromatic nitrogens is 6. The normalized spacial score (nSPS) is 20.2. The Labute approximate surface area is 352 Å². The van der Waals surface area contributed by atoms with Crippen LogP contribution >= 0.6 is 11.6 Å². The van der Waals surface area contributed by atoms with E-state index in [1.807, 2.05) is 43.8 Å². The number of anilines is 4. The number of amides is 3. The highest BCUT2D eigenvalue weighted by Crippen LogP contribution is 2.36. The van der Waals surface area contributed by atoms with Crippen molar-refractivity contribution in [3.63, 3.8) is 0 Å². The van der Waals surface area contributed by atoms with Crippen LogP contribution in [0.3, 0.4) is 0 Å². The number of rotatable bonds is 11. The zero-order chi connectivity index (χ0) is 42.2. The maximum absolute atomic E-state index is 13.2. The fourth-order valence-electron chi connectivity index (χ4n) is 8.76. The fourth-order valence-corrected chi connectivity index (χ4v) is 8.90. The minimum atomic E-state index is -0.432. The van der Waals surface area contributed by atoms with Gasteiger partial charge in [0, 0.05) is 83.1 Å². The Balaban J connectivity index is 0.895. The summed E-state index contributed by atoms with van der Waals surface area (Å²) in [5.74, 6) is 0.751. The SMILES string of the molecule is CNC(=O)COc1cc2cc(Nc3nc(N4CC[C@@H](CN5CCN(c6cccc7c(C8CCC(=O)NC8=O)nn(C)c67)CC5)[C@@H](C)C4)ncc3Cl)cnc2n(C(C)C)c1=O. The van der Waals surface area contributed by atoms with Gasteiger partial charge in [-0.3, -0.25) is 38.6 Å². The van der Waals surface area contributed by atoms with Crippen molar-refractivity contribution in [3.05, 3.63) is 63.8 Å². The summed E-state index contributed by atoms with van der Waals surface area (Å²) in [6, 6.07) is 9.45. The average Bonchev–Trinajstić information content (AvgIpc) is 3.57. The molecule has 0 aliphatic carbocycles. The predicted molar refractivity (Wildman–Crippen MR) is 230 cm³/mol. The van der Waals surface area contributed by atoms with Gasteiger partial charge in [-0.15, -0.1) is 0 Å². The largest absolute Gasteiger partial charge is 0.478 e. The molecule has 1 unspecified atom stereocenters. The second kappa shape index (κ2) is 17.0. The average molecular weight is 839 g/mol. The fraction of sp³-hybridized carbons (Fsp3) is 0.476. The number of carbonyl (C=O) groups excluding carboxylic acids is 3. The monoisotopic (exact) mass is 838 g/mol. The van der Waals surface area contributed by atoms with E-state index < -0.39 is 5.92 Å². The smallest absolute Gasteiger partial charge is 0.294 e. The lowest BCUT2D eigenvalue weighted by Crippen LogP contribution is -2.50. The van der Waals surface area contributed by atoms with Gasteiger partial charge < -0.3 is 25.2 Å². The van der Waals surface area contributed by atoms with E-state index in [-0.39, 0.29) is 41.7 Å². The first kappa shape index (κ1) is 40.9. The van der Waals surface area contributed by atoms with E-state index in [9.17, 15) is 19.2 Å². The van der Waals surface area contributed by atoms with Crippen LogP contribution in [0.2, 0.25) is 5.02 Å². The molecule has 0 saturated carbocycles. The third-order valence-electron chi connectivity index (χ3n) is 12.0. The molecule has 8 rings (SSSR count). The second-order valence-electron chi connectivity index (χ2n) is 16.3. The van der Waals surface area contributed by atoms with Gasteiger partial charge in [-0.25, -0.2) is 9.97 Å². The van der Waals surface area contributed by atoms with Gasteiger partial charge >= 0.3 is 0 Å². The summed E-state index contributed by atoms with van der Waals surface area (Å²) in [6.45, 7) is 12.1. The first-order valence-corrected chi connectivity index (χ1v) is 21.0. The molecule has 1 aromatic carbocycles. The number of ether oxygens (including phenoxy) is 1. The van der Waals surface area contributed by atoms with Gasteiger partial charge in [0.1, 0.15) is 10.7 Å². The molecule has 3 N–H and O–H groups in total. The van der Waals surface area contributed by atoms with Gasteiger partial charge in [0.25, 0.3) is 11.5 Å². The first-order valence-electron chi connectivity index (χ1n) is 20.6. The highest BCUT2D eigenvalue weighted by Gasteiger charge is 2.34. The van der Waals surface area contributed by atoms with Crippen molar-refractivity contribution in [2.45, 2.75) is 52.0 Å². The molecule has 3 saturated heterocycles. The van der Waals surface area contributed by atoms with Crippen LogP contribution in [-0.4, -0.2) is 111 Å². The molecule has 0 bridgehead atoms. The molecule has 4 aromatic heterocycles. The maximum Gasteiger partial charge on any atom is 0.294 e. The van der Waals surface area contributed by atoms with E-state index in [0.717, 1.165) is 74.5 Å². The Bertz CT molecular complexity index is 2510. The number of likely N-dealkylation sites (N-methyl/N-ethyl adjacent to an activating group) is 1. The number of para-hydroxylation sites is 1. The lowest BCUT2D eigenvalue weighted by molar-refractivity contribution is -0.134. The van der Waals surface area contributed by atoms with E-state index in [1.54, 1.807) is 23.0 Å². The highest BCUT2D eigenvalue weighted by molar-refractivity contribution is 6.33. The number of benzene rings is 1. The summed E-state index contributed by atoms with van der Waals surface area (Å²) < 4.78 is 9.03. The zero-order valence-corrected chi connectivity index (χ0v) is 35.3. The standard InChI is InChI=1S/C42H51ClN12O5/c1-24(2)55-39-27(18-33(41(55)59)60-23-35(57)44-4)17-28(19-45-39)47-38-31(43)20-46-42(49-38)54-12-11-26(25(3)21-54)22-52-13-15-53(16-14-52)32-8-6-7-29-36(50-51(5)37(29)32)30-9-10-34(56)48-40(30)58/h6-8,17-20,24-26,30H,9-16,21-23H2,1-5H3,(H,44,57)(H,46,47,49)(H,48,56,58)/t25-,26-,30?/m0/s1. The van der Waals surface area contributed by atoms with Gasteiger partial charge in [-0.2, -0.15) is 10.1 Å². The Morgan fingerprint density at radius 1 is 1.03 bits per heavy atom. The van der Waals surface area contributed by atoms with Crippen LogP contribution in [0.1, 0.15) is 57.7 Å². The van der Waals surface area contributed by atoms with Crippen LogP contribution in [0, 0.1) is 11.8 Å². The summed E-state index contributed by atoms with van der Waals surface area (Å²) in [4.78, 5) is 70.9. The molecular formula is C42H51ClN12O5. The van der Waals surface area contributed by atoms with Crippen LogP contribution in [0.25, 0.3) is 21.9 Å². The third kappa shape index (κ3) is 8.19. The summed E-state index contributed by atoms with van der Waals surface area (Å²) in [5.41, 5.74) is 3.61. The molecule has 3 aliphatic rings. The van der Waals surface area contributed by atoms with Crippen LogP contribution in [-0.2, 0) is 21.4 Å². The Kier molecular flexibility index (Phi) is 11.6. The number of piperidine rings is 2. The first-order chi connectivity index (χ1) is 28.9. The van der Waals surface area contributed by atoms with Gasteiger partial charge in [-0.05, 0) is 56.7 Å². The molecule has 17 nitrogen and oxygen atoms in total. The Morgan fingerprint density at radius 3 is 2.57 bits per heavy atom. The molecule has 316 valence electrons. The second-order valence-corrected chi connectivity index (χ2v) is 16.7. The molecule has 18 heteroatoms. The Hall–Kier alpha value is -5.81. The number of hydrogen-bond donors (Lipinski definition) is 3. The minimum Gasteiger partial charge on any atom is -0.478 e. The molecule has 3 fully saturated rings. The number of piperazine rings is 1. The minimum absolute atomic E-state index is 0.0583. The van der Waals surface area contributed by atoms with Crippen molar-refractivity contribution in [1.82, 2.24) is 44.8 Å². The van der Waals surface area contributed by atoms with Crippen LogP contribution in [0.15, 0.2) is 47.5 Å². The summed E-state index contributed by atoms with van der Waals surface area (Å²) in [6.07, 6.45) is 5.04. The summed E-state index contributed by atoms with van der Waals surface area (Å²) in [5, 5.41) is 15.0. The molecule has 0 radical (unpaired) electrons. The number of imide groups is 1. The summed E-state index contributed by atoms with van der Waals surface area (Å²) >= 11 is 6.62. The summed E-state index contributed by atoms with van der Waals surface area (Å²) in [7, 11) is 3.44. The number of pyridine rings is 2. The number of hydrogen-bond acceptors (Lipinski definition) is 13. The molecule has 0 spiro atoms. The number of nitrogens with zero attached hydrogens (tertiary/aromatic N) is 9. The molecule has 3 amide bonds. The molecule has 60 heavy (non-hydrogen) atoms. The Morgan fingerprint density at radius 2 is 1.83 bits per heavy atom. The van der Waals surface area contributed by atoms with Crippen LogP contribution < -0.4 is 36.0 Å². The number of carbonyl (C=O) groups is 3. The molecular weight excluding hydrogens is 788 g/mol. The molecule has 5 aromatic rings. The van der Waals surface area contributed by atoms with Crippen molar-refractivity contribution in [1.29, 1.82) is 0 Å². The van der Waals surface area contributed by atoms with Crippen molar-refractivity contribution < 1.29 is 19.1 Å². The molecule has 7 heterocycles. The van der Waals surface area contributed by atoms with E-state index in [4.69, 9.17) is 26.4 Å². The van der Waals surface area contributed by atoms with E-state index in [1.165, 1.54) is 7.05 Å². The van der Waals surface area contributed by atoms with Gasteiger partial charge in [0.05, 0.1) is 40.9 Å². The van der Waals surface area contributed by atoms with Crippen molar-refractivity contribution in [2.75, 3.05) is 74.6 Å². The topological polar surface area (TPSA) is 185 Å². The number of halogens is 1. The van der Waals surface area contributed by atoms with E-state index in [0.29, 0.717) is 58.2 Å². The molecule has 3 aliphatic heterocycles. The zero-order valence-electron chi connectivity index (χ0n) is 34.6.